The number of carbonyl (C=O) groups excluding carboxylic acids is 1. The summed E-state index contributed by atoms with van der Waals surface area (Å²) in [4.78, 5) is 15.8. The SMILES string of the molecule is C=CC[C@H](C)[C@@H](C)[S-](=O)=NC(=O)c1ccc2c(c1)N(C[C@@H]1CC[C@H]1[C@H](C=C)OC)C[C@@]1(CCCc3cc(Cl)ccc31)CO2. The van der Waals surface area contributed by atoms with Crippen molar-refractivity contribution in [2.75, 3.05) is 31.7 Å². The second kappa shape index (κ2) is 13.6. The van der Waals surface area contributed by atoms with Crippen molar-refractivity contribution < 1.29 is 18.5 Å². The number of benzene rings is 2. The molecule has 1 heterocycles. The number of amides is 1. The van der Waals surface area contributed by atoms with Crippen LogP contribution < -0.4 is 9.64 Å². The van der Waals surface area contributed by atoms with Gasteiger partial charge in [-0.05, 0) is 91.8 Å². The average Bonchev–Trinajstić information content (AvgIpc) is 3.14. The molecule has 1 saturated carbocycles. The molecule has 0 aromatic heterocycles. The van der Waals surface area contributed by atoms with Crippen molar-refractivity contribution in [3.63, 3.8) is 0 Å². The summed E-state index contributed by atoms with van der Waals surface area (Å²) in [6, 6.07) is 11.8. The summed E-state index contributed by atoms with van der Waals surface area (Å²) in [5.74, 6) is 1.21. The van der Waals surface area contributed by atoms with E-state index in [9.17, 15) is 9.00 Å². The molecule has 5 rings (SSSR count). The molecule has 2 aromatic carbocycles. The van der Waals surface area contributed by atoms with Gasteiger partial charge in [0.15, 0.2) is 0 Å². The smallest absolute Gasteiger partial charge is 0.254 e. The van der Waals surface area contributed by atoms with E-state index in [0.29, 0.717) is 24.0 Å². The summed E-state index contributed by atoms with van der Waals surface area (Å²) in [5.41, 5.74) is 3.69. The number of anilines is 1. The van der Waals surface area contributed by atoms with Gasteiger partial charge in [0, 0.05) is 36.2 Å². The monoisotopic (exact) mass is 623 g/mol. The molecule has 1 amide bonds. The van der Waals surface area contributed by atoms with Gasteiger partial charge in [-0.15, -0.1) is 13.2 Å². The maximum atomic E-state index is 13.3. The molecule has 6 atom stereocenters. The molecule has 232 valence electrons. The number of nitrogens with zero attached hydrogens (tertiary/aromatic N) is 2. The normalized spacial score (nSPS) is 25.7. The van der Waals surface area contributed by atoms with Crippen LogP contribution >= 0.6 is 11.6 Å². The lowest BCUT2D eigenvalue weighted by Crippen LogP contribution is -2.49. The van der Waals surface area contributed by atoms with Gasteiger partial charge in [-0.1, -0.05) is 54.8 Å². The molecule has 2 aromatic rings. The van der Waals surface area contributed by atoms with Gasteiger partial charge in [-0.25, -0.2) is 0 Å². The molecule has 43 heavy (non-hydrogen) atoms. The van der Waals surface area contributed by atoms with Gasteiger partial charge in [0.2, 0.25) is 0 Å². The molecule has 1 fully saturated rings. The first kappa shape index (κ1) is 31.8. The standard InChI is InChI=1S/C35H44ClN2O4S/c1-6-9-23(3)24(4)43(40)37-34(39)26-12-16-33-31(19-26)38(20-27-11-14-29(27)32(7-2)41-5)21-35(22-42-33)17-8-10-25-18-28(36)13-15-30(25)35/h6-7,12-13,15-16,18-19,23-24,27,29,32H,1-2,8-11,14,17,20-22H2,3-5H3/q-1/t23-,24+,27-,29+,32-,35-/m0/s1. The first-order valence-electron chi connectivity index (χ1n) is 15.4. The summed E-state index contributed by atoms with van der Waals surface area (Å²) >= 11 is 6.41. The van der Waals surface area contributed by atoms with Gasteiger partial charge in [-0.2, -0.15) is 10.6 Å². The Hall–Kier alpha value is -2.61. The summed E-state index contributed by atoms with van der Waals surface area (Å²) in [7, 11) is 0.109. The number of fused-ring (bicyclic) bond motifs is 3. The fourth-order valence-corrected chi connectivity index (χ4v) is 8.24. The Bertz CT molecular complexity index is 1450. The number of ether oxygens (including phenoxy) is 2. The minimum Gasteiger partial charge on any atom is -0.490 e. The van der Waals surface area contributed by atoms with E-state index >= 15 is 0 Å². The molecular formula is C35H44ClN2O4S-. The van der Waals surface area contributed by atoms with Crippen LogP contribution in [0.15, 0.2) is 66.1 Å². The van der Waals surface area contributed by atoms with Crippen molar-refractivity contribution in [1.29, 1.82) is 0 Å². The minimum atomic E-state index is -1.64. The van der Waals surface area contributed by atoms with Crippen molar-refractivity contribution in [2.24, 2.45) is 22.1 Å². The highest BCUT2D eigenvalue weighted by Gasteiger charge is 2.44. The van der Waals surface area contributed by atoms with Crippen LogP contribution in [-0.2, 0) is 31.4 Å². The third-order valence-electron chi connectivity index (χ3n) is 9.97. The summed E-state index contributed by atoms with van der Waals surface area (Å²) < 4.78 is 29.4. The van der Waals surface area contributed by atoms with Crippen LogP contribution in [-0.4, -0.2) is 44.1 Å². The topological polar surface area (TPSA) is 68.2 Å². The quantitative estimate of drug-likeness (QED) is 0.199. The fourth-order valence-electron chi connectivity index (χ4n) is 7.10. The Morgan fingerprint density at radius 3 is 2.77 bits per heavy atom. The number of halogens is 1. The van der Waals surface area contributed by atoms with Crippen molar-refractivity contribution >= 4 is 33.8 Å². The van der Waals surface area contributed by atoms with E-state index in [4.69, 9.17) is 21.1 Å². The summed E-state index contributed by atoms with van der Waals surface area (Å²) in [6.45, 7) is 13.8. The highest BCUT2D eigenvalue weighted by molar-refractivity contribution is 7.75. The molecule has 1 spiro atoms. The number of hydrogen-bond acceptors (Lipinski definition) is 6. The van der Waals surface area contributed by atoms with Crippen LogP contribution in [0.2, 0.25) is 5.02 Å². The lowest BCUT2D eigenvalue weighted by molar-refractivity contribution is 0.0135. The molecule has 0 radical (unpaired) electrons. The number of rotatable bonds is 10. The molecule has 0 saturated heterocycles. The minimum absolute atomic E-state index is 0.0140. The Balaban J connectivity index is 1.50. The van der Waals surface area contributed by atoms with Crippen LogP contribution in [0.1, 0.15) is 67.4 Å². The Morgan fingerprint density at radius 2 is 2.07 bits per heavy atom. The second-order valence-corrected chi connectivity index (χ2v) is 14.5. The molecule has 8 heteroatoms. The maximum Gasteiger partial charge on any atom is 0.254 e. The Labute approximate surface area is 263 Å². The largest absolute Gasteiger partial charge is 0.490 e. The van der Waals surface area contributed by atoms with Gasteiger partial charge < -0.3 is 22.9 Å². The van der Waals surface area contributed by atoms with Crippen LogP contribution in [0.25, 0.3) is 0 Å². The third kappa shape index (κ3) is 6.59. The zero-order chi connectivity index (χ0) is 30.7. The molecule has 0 unspecified atom stereocenters. The van der Waals surface area contributed by atoms with E-state index in [1.165, 1.54) is 11.1 Å². The van der Waals surface area contributed by atoms with E-state index < -0.39 is 16.5 Å². The van der Waals surface area contributed by atoms with E-state index in [2.05, 4.69) is 34.6 Å². The number of hydrogen-bond donors (Lipinski definition) is 0. The van der Waals surface area contributed by atoms with Crippen LogP contribution in [0.5, 0.6) is 5.75 Å². The van der Waals surface area contributed by atoms with Crippen LogP contribution in [0, 0.1) is 17.8 Å². The molecule has 0 bridgehead atoms. The molecule has 0 N–H and O–H groups in total. The molecule has 1 aliphatic heterocycles. The van der Waals surface area contributed by atoms with E-state index in [1.54, 1.807) is 13.2 Å². The first-order valence-corrected chi connectivity index (χ1v) is 17.0. The van der Waals surface area contributed by atoms with Crippen LogP contribution in [0.3, 0.4) is 0 Å². The van der Waals surface area contributed by atoms with Crippen molar-refractivity contribution in [3.05, 3.63) is 83.4 Å². The summed E-state index contributed by atoms with van der Waals surface area (Å²) in [5, 5.41) is 0.506. The van der Waals surface area contributed by atoms with E-state index in [0.717, 1.165) is 68.1 Å². The predicted octanol–water partition coefficient (Wildman–Crippen LogP) is 7.93. The van der Waals surface area contributed by atoms with E-state index in [1.807, 2.05) is 44.2 Å². The molecular weight excluding hydrogens is 580 g/mol. The maximum absolute atomic E-state index is 13.3. The Kier molecular flexibility index (Phi) is 10.0. The molecule has 3 aliphatic rings. The zero-order valence-corrected chi connectivity index (χ0v) is 27.2. The number of allylic oxidation sites excluding steroid dienone is 1. The molecule has 2 aliphatic carbocycles. The number of carbonyl (C=O) groups is 1. The second-order valence-electron chi connectivity index (χ2n) is 12.6. The average molecular weight is 624 g/mol. The predicted molar refractivity (Wildman–Crippen MR) is 176 cm³/mol. The fraction of sp³-hybridized carbons (Fsp3) is 0.514. The van der Waals surface area contributed by atoms with Crippen molar-refractivity contribution in [1.82, 2.24) is 0 Å². The van der Waals surface area contributed by atoms with Gasteiger partial charge >= 0.3 is 0 Å². The van der Waals surface area contributed by atoms with Crippen molar-refractivity contribution in [2.45, 2.75) is 69.1 Å². The Morgan fingerprint density at radius 1 is 1.26 bits per heavy atom. The third-order valence-corrected chi connectivity index (χ3v) is 11.7. The zero-order valence-electron chi connectivity index (χ0n) is 25.6. The molecule has 6 nitrogen and oxygen atoms in total. The van der Waals surface area contributed by atoms with Crippen LogP contribution in [0.4, 0.5) is 5.69 Å². The van der Waals surface area contributed by atoms with Crippen molar-refractivity contribution in [3.8, 4) is 5.75 Å². The summed E-state index contributed by atoms with van der Waals surface area (Å²) in [6.07, 6.45) is 9.74. The number of aryl methyl sites for hydroxylation is 1. The van der Waals surface area contributed by atoms with E-state index in [-0.39, 0.29) is 22.7 Å². The van der Waals surface area contributed by atoms with Gasteiger partial charge in [0.05, 0.1) is 18.4 Å². The van der Waals surface area contributed by atoms with Gasteiger partial charge in [0.25, 0.3) is 5.91 Å². The first-order chi connectivity index (χ1) is 20.7. The number of methoxy groups -OCH3 is 1. The highest BCUT2D eigenvalue weighted by Crippen LogP contribution is 2.47. The highest BCUT2D eigenvalue weighted by atomic mass is 35.5. The lowest BCUT2D eigenvalue weighted by atomic mass is 9.68. The lowest BCUT2D eigenvalue weighted by Gasteiger charge is -2.46. The van der Waals surface area contributed by atoms with Gasteiger partial charge in [-0.3, -0.25) is 4.79 Å². The van der Waals surface area contributed by atoms with Gasteiger partial charge in [0.1, 0.15) is 5.75 Å².